The summed E-state index contributed by atoms with van der Waals surface area (Å²) in [5, 5.41) is 11.5. The first-order chi connectivity index (χ1) is 10.1. The lowest BCUT2D eigenvalue weighted by Crippen LogP contribution is -2.30. The van der Waals surface area contributed by atoms with Gasteiger partial charge in [-0.2, -0.15) is 10.2 Å². The zero-order valence-corrected chi connectivity index (χ0v) is 13.5. The van der Waals surface area contributed by atoms with E-state index in [0.29, 0.717) is 29.2 Å². The van der Waals surface area contributed by atoms with Crippen molar-refractivity contribution in [3.05, 3.63) is 39.0 Å². The summed E-state index contributed by atoms with van der Waals surface area (Å²) in [6.07, 6.45) is 9.06. The Hall–Kier alpha value is -1.63. The first-order valence-corrected chi connectivity index (χ1v) is 7.90. The molecule has 0 bridgehead atoms. The number of hydrogen-bond donors (Lipinski definition) is 1. The molecule has 0 aromatic carbocycles. The van der Waals surface area contributed by atoms with E-state index in [4.69, 9.17) is 0 Å². The summed E-state index contributed by atoms with van der Waals surface area (Å²) in [5.41, 5.74) is 1.53. The van der Waals surface area contributed by atoms with Crippen LogP contribution in [0, 0.1) is 5.92 Å². The molecule has 112 valence electrons. The van der Waals surface area contributed by atoms with Crippen LogP contribution in [0.25, 0.3) is 0 Å². The highest BCUT2D eigenvalue weighted by Crippen LogP contribution is 2.27. The molecule has 7 heteroatoms. The average Bonchev–Trinajstić information content (AvgIpc) is 2.81. The van der Waals surface area contributed by atoms with Crippen LogP contribution in [0.15, 0.2) is 27.9 Å². The predicted octanol–water partition coefficient (Wildman–Crippen LogP) is 2.15. The topological polar surface area (TPSA) is 64.7 Å². The number of anilines is 1. The Morgan fingerprint density at radius 2 is 2.19 bits per heavy atom. The van der Waals surface area contributed by atoms with Crippen LogP contribution >= 0.6 is 15.9 Å². The molecule has 0 radical (unpaired) electrons. The summed E-state index contributed by atoms with van der Waals surface area (Å²) < 4.78 is 4.01. The predicted molar refractivity (Wildman–Crippen MR) is 84.1 cm³/mol. The number of hydrogen-bond acceptors (Lipinski definition) is 4. The van der Waals surface area contributed by atoms with E-state index in [1.54, 1.807) is 21.8 Å². The molecular weight excluding hydrogens is 334 g/mol. The molecule has 2 heterocycles. The Morgan fingerprint density at radius 1 is 1.38 bits per heavy atom. The number of nitrogens with one attached hydrogen (secondary N) is 1. The molecule has 3 rings (SSSR count). The minimum atomic E-state index is -0.0693. The van der Waals surface area contributed by atoms with Gasteiger partial charge in [-0.15, -0.1) is 0 Å². The second kappa shape index (κ2) is 6.01. The fourth-order valence-electron chi connectivity index (χ4n) is 2.43. The van der Waals surface area contributed by atoms with Crippen LogP contribution in [0.3, 0.4) is 0 Å². The quantitative estimate of drug-likeness (QED) is 0.896. The van der Waals surface area contributed by atoms with Gasteiger partial charge in [0.15, 0.2) is 0 Å². The van der Waals surface area contributed by atoms with Gasteiger partial charge < -0.3 is 5.32 Å². The van der Waals surface area contributed by atoms with Crippen molar-refractivity contribution in [3.63, 3.8) is 0 Å². The first-order valence-electron chi connectivity index (χ1n) is 7.10. The van der Waals surface area contributed by atoms with Crippen molar-refractivity contribution in [1.82, 2.24) is 19.6 Å². The van der Waals surface area contributed by atoms with Crippen LogP contribution in [0.5, 0.6) is 0 Å². The molecule has 0 unspecified atom stereocenters. The second-order valence-corrected chi connectivity index (χ2v) is 6.38. The van der Waals surface area contributed by atoms with E-state index in [1.807, 2.05) is 13.2 Å². The Labute approximate surface area is 131 Å². The van der Waals surface area contributed by atoms with Gasteiger partial charge in [-0.25, -0.2) is 4.68 Å². The molecule has 1 aliphatic carbocycles. The highest BCUT2D eigenvalue weighted by molar-refractivity contribution is 9.10. The summed E-state index contributed by atoms with van der Waals surface area (Å²) in [7, 11) is 1.87. The van der Waals surface area contributed by atoms with Crippen LogP contribution in [-0.4, -0.2) is 19.6 Å². The maximum Gasteiger partial charge on any atom is 0.291 e. The van der Waals surface area contributed by atoms with E-state index < -0.39 is 0 Å². The summed E-state index contributed by atoms with van der Waals surface area (Å²) in [6, 6.07) is 0. The number of aryl methyl sites for hydroxylation is 1. The minimum Gasteiger partial charge on any atom is -0.375 e. The van der Waals surface area contributed by atoms with E-state index in [2.05, 4.69) is 31.4 Å². The van der Waals surface area contributed by atoms with E-state index >= 15 is 0 Å². The maximum absolute atomic E-state index is 12.5. The monoisotopic (exact) mass is 351 g/mol. The summed E-state index contributed by atoms with van der Waals surface area (Å²) >= 11 is 3.40. The highest BCUT2D eigenvalue weighted by atomic mass is 79.9. The van der Waals surface area contributed by atoms with Crippen molar-refractivity contribution < 1.29 is 0 Å². The lowest BCUT2D eigenvalue weighted by molar-refractivity contribution is 0.262. The normalized spacial score (nSPS) is 15.0. The fourth-order valence-corrected chi connectivity index (χ4v) is 2.83. The van der Waals surface area contributed by atoms with Gasteiger partial charge in [-0.1, -0.05) is 6.42 Å². The van der Waals surface area contributed by atoms with Crippen LogP contribution in [0.1, 0.15) is 24.8 Å². The van der Waals surface area contributed by atoms with Crippen molar-refractivity contribution in [3.8, 4) is 0 Å². The Morgan fingerprint density at radius 3 is 2.81 bits per heavy atom. The lowest BCUT2D eigenvalue weighted by Gasteiger charge is -2.25. The highest BCUT2D eigenvalue weighted by Gasteiger charge is 2.20. The molecule has 0 atom stereocenters. The molecule has 0 spiro atoms. The molecule has 1 fully saturated rings. The van der Waals surface area contributed by atoms with Gasteiger partial charge in [0.05, 0.1) is 16.9 Å². The van der Waals surface area contributed by atoms with Gasteiger partial charge in [0.25, 0.3) is 5.56 Å². The second-order valence-electron chi connectivity index (χ2n) is 5.53. The van der Waals surface area contributed by atoms with Gasteiger partial charge in [0.2, 0.25) is 0 Å². The van der Waals surface area contributed by atoms with Crippen molar-refractivity contribution in [2.75, 3.05) is 5.32 Å². The number of rotatable bonds is 5. The molecule has 6 nitrogen and oxygen atoms in total. The van der Waals surface area contributed by atoms with Crippen LogP contribution < -0.4 is 10.9 Å². The Bertz CT molecular complexity index is 689. The fraction of sp³-hybridized carbons (Fsp3) is 0.500. The number of halogens is 1. The summed E-state index contributed by atoms with van der Waals surface area (Å²) in [6.45, 7) is 1.28. The molecular formula is C14H18BrN5O. The molecule has 0 amide bonds. The zero-order chi connectivity index (χ0) is 14.8. The van der Waals surface area contributed by atoms with E-state index in [0.717, 1.165) is 5.56 Å². The maximum atomic E-state index is 12.5. The van der Waals surface area contributed by atoms with Gasteiger partial charge in [-0.3, -0.25) is 9.48 Å². The van der Waals surface area contributed by atoms with Crippen LogP contribution in [-0.2, 0) is 20.1 Å². The molecule has 0 saturated heterocycles. The Balaban J connectivity index is 1.76. The third-order valence-corrected chi connectivity index (χ3v) is 4.48. The molecule has 1 aliphatic rings. The minimum absolute atomic E-state index is 0.0693. The standard InChI is InChI=1S/C14H18BrN5O/c1-19-8-11(6-17-19)5-16-13-12(15)7-18-20(14(13)21)9-10-3-2-4-10/h6-8,10,16H,2-5,9H2,1H3. The summed E-state index contributed by atoms with van der Waals surface area (Å²) in [5.74, 6) is 0.600. The molecule has 21 heavy (non-hydrogen) atoms. The third-order valence-electron chi connectivity index (χ3n) is 3.88. The molecule has 1 N–H and O–H groups in total. The summed E-state index contributed by atoms with van der Waals surface area (Å²) in [4.78, 5) is 12.5. The van der Waals surface area contributed by atoms with E-state index in [9.17, 15) is 4.79 Å². The Kier molecular flexibility index (Phi) is 4.10. The van der Waals surface area contributed by atoms with E-state index in [-0.39, 0.29) is 5.56 Å². The molecule has 2 aromatic heterocycles. The van der Waals surface area contributed by atoms with E-state index in [1.165, 1.54) is 19.3 Å². The van der Waals surface area contributed by atoms with Crippen LogP contribution in [0.2, 0.25) is 0 Å². The zero-order valence-electron chi connectivity index (χ0n) is 11.9. The van der Waals surface area contributed by atoms with Crippen molar-refractivity contribution in [2.45, 2.75) is 32.4 Å². The first kappa shape index (κ1) is 14.3. The van der Waals surface area contributed by atoms with Gasteiger partial charge in [0, 0.05) is 31.9 Å². The third kappa shape index (κ3) is 3.18. The number of nitrogens with zero attached hydrogens (tertiary/aromatic N) is 4. The lowest BCUT2D eigenvalue weighted by atomic mass is 9.85. The molecule has 0 aliphatic heterocycles. The molecule has 2 aromatic rings. The SMILES string of the molecule is Cn1cc(CNc2c(Br)cnn(CC3CCC3)c2=O)cn1. The van der Waals surface area contributed by atoms with Crippen molar-refractivity contribution >= 4 is 21.6 Å². The van der Waals surface area contributed by atoms with Crippen molar-refractivity contribution in [2.24, 2.45) is 13.0 Å². The van der Waals surface area contributed by atoms with Gasteiger partial charge >= 0.3 is 0 Å². The molecule has 1 saturated carbocycles. The number of aromatic nitrogens is 4. The van der Waals surface area contributed by atoms with Crippen molar-refractivity contribution in [1.29, 1.82) is 0 Å². The average molecular weight is 352 g/mol. The van der Waals surface area contributed by atoms with Gasteiger partial charge in [-0.05, 0) is 34.7 Å². The smallest absolute Gasteiger partial charge is 0.291 e. The van der Waals surface area contributed by atoms with Crippen LogP contribution in [0.4, 0.5) is 5.69 Å². The van der Waals surface area contributed by atoms with Gasteiger partial charge in [0.1, 0.15) is 5.69 Å². The largest absolute Gasteiger partial charge is 0.375 e.